The molecule has 136 valence electrons. The third kappa shape index (κ3) is 4.49. The van der Waals surface area contributed by atoms with E-state index in [1.165, 1.54) is 7.11 Å². The largest absolute Gasteiger partial charge is 0.469 e. The molecule has 7 heteroatoms. The second kappa shape index (κ2) is 8.50. The van der Waals surface area contributed by atoms with E-state index < -0.39 is 0 Å². The number of nitrogens with zero attached hydrogens (tertiary/aromatic N) is 2. The van der Waals surface area contributed by atoms with Gasteiger partial charge in [-0.05, 0) is 23.6 Å². The normalized spacial score (nSPS) is 20.3. The minimum atomic E-state index is -0.177. The molecule has 1 aliphatic heterocycles. The van der Waals surface area contributed by atoms with Crippen molar-refractivity contribution in [3.8, 4) is 0 Å². The third-order valence-corrected chi connectivity index (χ3v) is 4.49. The second-order valence-corrected chi connectivity index (χ2v) is 6.19. The van der Waals surface area contributed by atoms with E-state index in [2.05, 4.69) is 20.5 Å². The van der Waals surface area contributed by atoms with Crippen molar-refractivity contribution in [2.75, 3.05) is 34.3 Å². The maximum Gasteiger partial charge on any atom is 0.310 e. The quantitative estimate of drug-likeness (QED) is 0.480. The van der Waals surface area contributed by atoms with E-state index in [0.717, 1.165) is 18.1 Å². The van der Waals surface area contributed by atoms with Crippen molar-refractivity contribution in [2.45, 2.75) is 13.5 Å². The van der Waals surface area contributed by atoms with Crippen molar-refractivity contribution >= 4 is 17.8 Å². The number of ether oxygens (including phenoxy) is 1. The number of hydrogen-bond acceptors (Lipinski definition) is 4. The molecule has 0 aliphatic carbocycles. The molecule has 7 nitrogen and oxygen atoms in total. The Labute approximate surface area is 148 Å². The zero-order valence-corrected chi connectivity index (χ0v) is 15.2. The molecule has 25 heavy (non-hydrogen) atoms. The number of guanidine groups is 1. The van der Waals surface area contributed by atoms with E-state index in [-0.39, 0.29) is 23.7 Å². The molecular weight excluding hydrogens is 320 g/mol. The van der Waals surface area contributed by atoms with Gasteiger partial charge in [0.2, 0.25) is 0 Å². The van der Waals surface area contributed by atoms with E-state index in [0.29, 0.717) is 18.7 Å². The molecule has 1 aliphatic rings. The zero-order valence-electron chi connectivity index (χ0n) is 15.2. The lowest BCUT2D eigenvalue weighted by Crippen LogP contribution is -2.40. The monoisotopic (exact) mass is 346 g/mol. The van der Waals surface area contributed by atoms with Crippen LogP contribution in [-0.2, 0) is 16.1 Å². The van der Waals surface area contributed by atoms with Crippen LogP contribution in [-0.4, -0.2) is 57.0 Å². The standard InChI is InChI=1S/C18H26N4O3/c1-12-10-22(11-15(12)17(24)25-4)18(20-3)21-9-13-6-5-7-14(8-13)16(23)19-2/h5-8,12,15H,9-11H2,1-4H3,(H,19,23)(H,20,21). The Hall–Kier alpha value is -2.57. The molecule has 1 aromatic carbocycles. The first-order valence-electron chi connectivity index (χ1n) is 8.34. The van der Waals surface area contributed by atoms with Gasteiger partial charge in [0.1, 0.15) is 0 Å². The second-order valence-electron chi connectivity index (χ2n) is 6.19. The van der Waals surface area contributed by atoms with Gasteiger partial charge < -0.3 is 20.3 Å². The van der Waals surface area contributed by atoms with Gasteiger partial charge >= 0.3 is 5.97 Å². The van der Waals surface area contributed by atoms with Crippen molar-refractivity contribution in [2.24, 2.45) is 16.8 Å². The van der Waals surface area contributed by atoms with Crippen molar-refractivity contribution in [1.29, 1.82) is 0 Å². The van der Waals surface area contributed by atoms with Crippen LogP contribution in [0.2, 0.25) is 0 Å². The average molecular weight is 346 g/mol. The first-order valence-corrected chi connectivity index (χ1v) is 8.34. The molecule has 0 spiro atoms. The minimum Gasteiger partial charge on any atom is -0.469 e. The number of carbonyl (C=O) groups excluding carboxylic acids is 2. The number of methoxy groups -OCH3 is 1. The lowest BCUT2D eigenvalue weighted by Gasteiger charge is -2.21. The van der Waals surface area contributed by atoms with Crippen molar-refractivity contribution < 1.29 is 14.3 Å². The number of benzene rings is 1. The number of carbonyl (C=O) groups is 2. The van der Waals surface area contributed by atoms with Gasteiger partial charge in [-0.15, -0.1) is 0 Å². The van der Waals surface area contributed by atoms with Crippen LogP contribution < -0.4 is 10.6 Å². The molecular formula is C18H26N4O3. The Morgan fingerprint density at radius 1 is 1.36 bits per heavy atom. The fourth-order valence-corrected chi connectivity index (χ4v) is 3.08. The van der Waals surface area contributed by atoms with Gasteiger partial charge in [0.05, 0.1) is 13.0 Å². The average Bonchev–Trinajstić information content (AvgIpc) is 3.02. The summed E-state index contributed by atoms with van der Waals surface area (Å²) in [6, 6.07) is 7.44. The molecule has 0 radical (unpaired) electrons. The Morgan fingerprint density at radius 2 is 2.12 bits per heavy atom. The van der Waals surface area contributed by atoms with Gasteiger partial charge in [0, 0.05) is 39.3 Å². The highest BCUT2D eigenvalue weighted by atomic mass is 16.5. The number of likely N-dealkylation sites (tertiary alicyclic amines) is 1. The molecule has 0 saturated carbocycles. The summed E-state index contributed by atoms with van der Waals surface area (Å²) in [5, 5.41) is 5.92. The molecule has 1 saturated heterocycles. The lowest BCUT2D eigenvalue weighted by molar-refractivity contribution is -0.145. The van der Waals surface area contributed by atoms with E-state index >= 15 is 0 Å². The van der Waals surface area contributed by atoms with Gasteiger partial charge in [0.25, 0.3) is 5.91 Å². The SMILES string of the molecule is CN=C(NCc1cccc(C(=O)NC)c1)N1CC(C)C(C(=O)OC)C1. The molecule has 2 unspecified atom stereocenters. The predicted molar refractivity (Wildman–Crippen MR) is 96.3 cm³/mol. The summed E-state index contributed by atoms with van der Waals surface area (Å²) in [4.78, 5) is 29.9. The van der Waals surface area contributed by atoms with Gasteiger partial charge in [-0.3, -0.25) is 14.6 Å². The highest BCUT2D eigenvalue weighted by Crippen LogP contribution is 2.24. The summed E-state index contributed by atoms with van der Waals surface area (Å²) in [6.45, 7) is 3.93. The van der Waals surface area contributed by atoms with Crippen LogP contribution in [0, 0.1) is 11.8 Å². The Bertz CT molecular complexity index is 659. The predicted octanol–water partition coefficient (Wildman–Crippen LogP) is 0.863. The van der Waals surface area contributed by atoms with Gasteiger partial charge in [0.15, 0.2) is 5.96 Å². The van der Waals surface area contributed by atoms with E-state index in [1.807, 2.05) is 25.1 Å². The molecule has 0 aromatic heterocycles. The van der Waals surface area contributed by atoms with E-state index in [1.54, 1.807) is 20.2 Å². The van der Waals surface area contributed by atoms with E-state index in [9.17, 15) is 9.59 Å². The van der Waals surface area contributed by atoms with Crippen LogP contribution in [0.1, 0.15) is 22.8 Å². The Morgan fingerprint density at radius 3 is 2.76 bits per heavy atom. The molecule has 2 rings (SSSR count). The van der Waals surface area contributed by atoms with Crippen LogP contribution in [0.4, 0.5) is 0 Å². The van der Waals surface area contributed by atoms with Gasteiger partial charge in [-0.25, -0.2) is 0 Å². The molecule has 1 aromatic rings. The summed E-state index contributed by atoms with van der Waals surface area (Å²) in [5.41, 5.74) is 1.61. The summed E-state index contributed by atoms with van der Waals surface area (Å²) in [7, 11) is 4.75. The number of rotatable bonds is 4. The van der Waals surface area contributed by atoms with Crippen molar-refractivity contribution in [3.63, 3.8) is 0 Å². The lowest BCUT2D eigenvalue weighted by atomic mass is 9.99. The molecule has 1 heterocycles. The molecule has 2 atom stereocenters. The number of nitrogens with one attached hydrogen (secondary N) is 2. The fraction of sp³-hybridized carbons (Fsp3) is 0.500. The molecule has 2 N–H and O–H groups in total. The highest BCUT2D eigenvalue weighted by molar-refractivity contribution is 5.94. The summed E-state index contributed by atoms with van der Waals surface area (Å²) in [6.07, 6.45) is 0. The Kier molecular flexibility index (Phi) is 6.38. The first-order chi connectivity index (χ1) is 12.0. The first kappa shape index (κ1) is 18.8. The maximum atomic E-state index is 11.8. The van der Waals surface area contributed by atoms with Gasteiger partial charge in [-0.1, -0.05) is 19.1 Å². The number of hydrogen-bond donors (Lipinski definition) is 2. The van der Waals surface area contributed by atoms with Crippen molar-refractivity contribution in [1.82, 2.24) is 15.5 Å². The topological polar surface area (TPSA) is 83.0 Å². The third-order valence-electron chi connectivity index (χ3n) is 4.49. The maximum absolute atomic E-state index is 11.8. The zero-order chi connectivity index (χ0) is 18.4. The summed E-state index contributed by atoms with van der Waals surface area (Å²) >= 11 is 0. The van der Waals surface area contributed by atoms with Crippen LogP contribution in [0.15, 0.2) is 29.3 Å². The smallest absolute Gasteiger partial charge is 0.310 e. The van der Waals surface area contributed by atoms with Gasteiger partial charge in [-0.2, -0.15) is 0 Å². The van der Waals surface area contributed by atoms with Crippen LogP contribution >= 0.6 is 0 Å². The molecule has 0 bridgehead atoms. The number of esters is 1. The molecule has 1 amide bonds. The number of amides is 1. The summed E-state index contributed by atoms with van der Waals surface area (Å²) in [5.74, 6) is 0.524. The fourth-order valence-electron chi connectivity index (χ4n) is 3.08. The van der Waals surface area contributed by atoms with Crippen molar-refractivity contribution in [3.05, 3.63) is 35.4 Å². The highest BCUT2D eigenvalue weighted by Gasteiger charge is 2.36. The Balaban J connectivity index is 2.00. The van der Waals surface area contributed by atoms with Crippen LogP contribution in [0.25, 0.3) is 0 Å². The van der Waals surface area contributed by atoms with E-state index in [4.69, 9.17) is 4.74 Å². The van der Waals surface area contributed by atoms with Crippen LogP contribution in [0.3, 0.4) is 0 Å². The summed E-state index contributed by atoms with van der Waals surface area (Å²) < 4.78 is 4.88. The number of aliphatic imine (C=N–C) groups is 1. The van der Waals surface area contributed by atoms with Crippen LogP contribution in [0.5, 0.6) is 0 Å². The minimum absolute atomic E-state index is 0.111. The molecule has 1 fully saturated rings.